The monoisotopic (exact) mass is 257 g/mol. The van der Waals surface area contributed by atoms with Crippen LogP contribution in [0.2, 0.25) is 0 Å². The standard InChI is InChI=1S/C16H16FNO/c1-19-15-7-6-12(10-14(15)17)16(18)9-8-11-4-2-3-5-13(11)16/h2-7,10H,8-9,18H2,1H3. The summed E-state index contributed by atoms with van der Waals surface area (Å²) in [5.74, 6) is -0.118. The van der Waals surface area contributed by atoms with Gasteiger partial charge in [-0.3, -0.25) is 0 Å². The van der Waals surface area contributed by atoms with Gasteiger partial charge < -0.3 is 10.5 Å². The highest BCUT2D eigenvalue weighted by Gasteiger charge is 2.36. The van der Waals surface area contributed by atoms with Crippen molar-refractivity contribution in [2.75, 3.05) is 7.11 Å². The van der Waals surface area contributed by atoms with Crippen LogP contribution in [0.3, 0.4) is 0 Å². The molecule has 1 aliphatic rings. The van der Waals surface area contributed by atoms with Gasteiger partial charge in [0.05, 0.1) is 12.6 Å². The van der Waals surface area contributed by atoms with Gasteiger partial charge in [-0.05, 0) is 41.7 Å². The molecule has 0 amide bonds. The minimum atomic E-state index is -0.594. The topological polar surface area (TPSA) is 35.2 Å². The second kappa shape index (κ2) is 4.35. The average Bonchev–Trinajstić information content (AvgIpc) is 2.78. The number of hydrogen-bond acceptors (Lipinski definition) is 2. The Labute approximate surface area is 112 Å². The molecule has 0 saturated heterocycles. The summed E-state index contributed by atoms with van der Waals surface area (Å²) in [6.07, 6.45) is 1.73. The molecular weight excluding hydrogens is 241 g/mol. The number of methoxy groups -OCH3 is 1. The number of fused-ring (bicyclic) bond motifs is 1. The second-order valence-corrected chi connectivity index (χ2v) is 4.98. The van der Waals surface area contributed by atoms with Gasteiger partial charge >= 0.3 is 0 Å². The molecule has 0 fully saturated rings. The van der Waals surface area contributed by atoms with Crippen molar-refractivity contribution in [1.29, 1.82) is 0 Å². The number of ether oxygens (including phenoxy) is 1. The predicted molar refractivity (Wildman–Crippen MR) is 72.7 cm³/mol. The van der Waals surface area contributed by atoms with E-state index in [1.54, 1.807) is 6.07 Å². The van der Waals surface area contributed by atoms with Gasteiger partial charge in [0, 0.05) is 0 Å². The Kier molecular flexibility index (Phi) is 2.79. The molecule has 0 saturated carbocycles. The molecule has 2 N–H and O–H groups in total. The lowest BCUT2D eigenvalue weighted by Crippen LogP contribution is -2.35. The Morgan fingerprint density at radius 2 is 2.00 bits per heavy atom. The van der Waals surface area contributed by atoms with Crippen LogP contribution in [-0.2, 0) is 12.0 Å². The van der Waals surface area contributed by atoms with Crippen LogP contribution in [0.4, 0.5) is 4.39 Å². The zero-order chi connectivity index (χ0) is 13.5. The maximum absolute atomic E-state index is 13.9. The Bertz CT molecular complexity index is 626. The van der Waals surface area contributed by atoms with Crippen LogP contribution in [0.1, 0.15) is 23.1 Å². The SMILES string of the molecule is COc1ccc(C2(N)CCc3ccccc32)cc1F. The molecule has 19 heavy (non-hydrogen) atoms. The molecule has 2 nitrogen and oxygen atoms in total. The van der Waals surface area contributed by atoms with Crippen molar-refractivity contribution in [2.24, 2.45) is 5.73 Å². The number of nitrogens with two attached hydrogens (primary N) is 1. The number of benzene rings is 2. The first-order valence-corrected chi connectivity index (χ1v) is 6.36. The van der Waals surface area contributed by atoms with E-state index in [2.05, 4.69) is 6.07 Å². The summed E-state index contributed by atoms with van der Waals surface area (Å²) in [6.45, 7) is 0. The van der Waals surface area contributed by atoms with Crippen LogP contribution in [-0.4, -0.2) is 7.11 Å². The third-order valence-electron chi connectivity index (χ3n) is 3.95. The number of halogens is 1. The van der Waals surface area contributed by atoms with Gasteiger partial charge in [0.15, 0.2) is 11.6 Å². The van der Waals surface area contributed by atoms with Crippen molar-refractivity contribution in [3.63, 3.8) is 0 Å². The molecule has 2 aromatic carbocycles. The number of hydrogen-bond donors (Lipinski definition) is 1. The molecule has 3 heteroatoms. The van der Waals surface area contributed by atoms with Gasteiger partial charge in [0.1, 0.15) is 0 Å². The molecule has 1 aliphatic carbocycles. The molecule has 0 aromatic heterocycles. The molecule has 0 heterocycles. The van der Waals surface area contributed by atoms with Crippen molar-refractivity contribution < 1.29 is 9.13 Å². The predicted octanol–water partition coefficient (Wildman–Crippen LogP) is 2.98. The Balaban J connectivity index is 2.10. The fourth-order valence-electron chi connectivity index (χ4n) is 2.88. The van der Waals surface area contributed by atoms with E-state index in [0.29, 0.717) is 0 Å². The molecule has 0 bridgehead atoms. The van der Waals surface area contributed by atoms with Gasteiger partial charge in [0.25, 0.3) is 0 Å². The highest BCUT2D eigenvalue weighted by Crippen LogP contribution is 2.40. The van der Waals surface area contributed by atoms with Crippen LogP contribution in [0.5, 0.6) is 5.75 Å². The maximum atomic E-state index is 13.9. The van der Waals surface area contributed by atoms with E-state index in [1.807, 2.05) is 24.3 Å². The van der Waals surface area contributed by atoms with Gasteiger partial charge in [-0.15, -0.1) is 0 Å². The van der Waals surface area contributed by atoms with Crippen LogP contribution >= 0.6 is 0 Å². The fourth-order valence-corrected chi connectivity index (χ4v) is 2.88. The largest absolute Gasteiger partial charge is 0.494 e. The summed E-state index contributed by atoms with van der Waals surface area (Å²) < 4.78 is 18.8. The molecular formula is C16H16FNO. The Morgan fingerprint density at radius 3 is 2.74 bits per heavy atom. The number of aryl methyl sites for hydroxylation is 1. The summed E-state index contributed by atoms with van der Waals surface area (Å²) in [4.78, 5) is 0. The first-order valence-electron chi connectivity index (χ1n) is 6.36. The van der Waals surface area contributed by atoms with Gasteiger partial charge in [-0.1, -0.05) is 30.3 Å². The van der Waals surface area contributed by atoms with Crippen LogP contribution in [0.25, 0.3) is 0 Å². The van der Waals surface area contributed by atoms with Crippen LogP contribution in [0.15, 0.2) is 42.5 Å². The fraction of sp³-hybridized carbons (Fsp3) is 0.250. The van der Waals surface area contributed by atoms with Crippen molar-refractivity contribution in [3.8, 4) is 5.75 Å². The summed E-state index contributed by atoms with van der Waals surface area (Å²) in [6, 6.07) is 13.1. The summed E-state index contributed by atoms with van der Waals surface area (Å²) in [5, 5.41) is 0. The lowest BCUT2D eigenvalue weighted by Gasteiger charge is -2.26. The first-order chi connectivity index (χ1) is 9.15. The van der Waals surface area contributed by atoms with Gasteiger partial charge in [-0.2, -0.15) is 0 Å². The summed E-state index contributed by atoms with van der Waals surface area (Å²) in [5.41, 5.74) is 9.10. The normalized spacial score (nSPS) is 21.2. The van der Waals surface area contributed by atoms with Crippen molar-refractivity contribution in [1.82, 2.24) is 0 Å². The molecule has 0 aliphatic heterocycles. The van der Waals surface area contributed by atoms with E-state index in [4.69, 9.17) is 10.5 Å². The Morgan fingerprint density at radius 1 is 1.21 bits per heavy atom. The molecule has 1 atom stereocenters. The summed E-state index contributed by atoms with van der Waals surface area (Å²) >= 11 is 0. The Hall–Kier alpha value is -1.87. The molecule has 0 spiro atoms. The minimum absolute atomic E-state index is 0.249. The molecule has 98 valence electrons. The van der Waals surface area contributed by atoms with E-state index in [1.165, 1.54) is 18.7 Å². The lowest BCUT2D eigenvalue weighted by molar-refractivity contribution is 0.385. The zero-order valence-corrected chi connectivity index (χ0v) is 10.8. The molecule has 1 unspecified atom stereocenters. The third kappa shape index (κ3) is 1.81. The van der Waals surface area contributed by atoms with Gasteiger partial charge in [-0.25, -0.2) is 4.39 Å². The molecule has 0 radical (unpaired) electrons. The number of rotatable bonds is 2. The van der Waals surface area contributed by atoms with E-state index in [-0.39, 0.29) is 11.6 Å². The second-order valence-electron chi connectivity index (χ2n) is 4.98. The minimum Gasteiger partial charge on any atom is -0.494 e. The smallest absolute Gasteiger partial charge is 0.165 e. The van der Waals surface area contributed by atoms with Crippen LogP contribution in [0, 0.1) is 5.82 Å². The first kappa shape index (κ1) is 12.2. The van der Waals surface area contributed by atoms with Gasteiger partial charge in [0.2, 0.25) is 0 Å². The van der Waals surface area contributed by atoms with E-state index in [0.717, 1.165) is 24.0 Å². The molecule has 3 rings (SSSR count). The van der Waals surface area contributed by atoms with Crippen molar-refractivity contribution in [2.45, 2.75) is 18.4 Å². The zero-order valence-electron chi connectivity index (χ0n) is 10.8. The quantitative estimate of drug-likeness (QED) is 0.897. The van der Waals surface area contributed by atoms with E-state index < -0.39 is 5.54 Å². The van der Waals surface area contributed by atoms with E-state index in [9.17, 15) is 4.39 Å². The maximum Gasteiger partial charge on any atom is 0.165 e. The lowest BCUT2D eigenvalue weighted by atomic mass is 9.85. The highest BCUT2D eigenvalue weighted by molar-refractivity contribution is 5.47. The van der Waals surface area contributed by atoms with Crippen molar-refractivity contribution in [3.05, 3.63) is 65.0 Å². The molecule has 2 aromatic rings. The third-order valence-corrected chi connectivity index (χ3v) is 3.95. The van der Waals surface area contributed by atoms with E-state index >= 15 is 0 Å². The van der Waals surface area contributed by atoms with Crippen LogP contribution < -0.4 is 10.5 Å². The highest BCUT2D eigenvalue weighted by atomic mass is 19.1. The average molecular weight is 257 g/mol. The van der Waals surface area contributed by atoms with Crippen molar-refractivity contribution >= 4 is 0 Å². The summed E-state index contributed by atoms with van der Waals surface area (Å²) in [7, 11) is 1.46.